The molecule has 2 heterocycles. The van der Waals surface area contributed by atoms with Crippen LogP contribution in [-0.4, -0.2) is 43.0 Å². The summed E-state index contributed by atoms with van der Waals surface area (Å²) >= 11 is 0. The van der Waals surface area contributed by atoms with Gasteiger partial charge in [-0.3, -0.25) is 9.59 Å². The highest BCUT2D eigenvalue weighted by Gasteiger charge is 2.54. The van der Waals surface area contributed by atoms with Gasteiger partial charge in [0.05, 0.1) is 17.7 Å². The zero-order valence-corrected chi connectivity index (χ0v) is 20.1. The molecule has 1 N–H and O–H groups in total. The molecule has 0 unspecified atom stereocenters. The molecule has 5 rings (SSSR count). The number of fused-ring (bicyclic) bond motifs is 2. The number of hydrogen-bond acceptors (Lipinski definition) is 4. The van der Waals surface area contributed by atoms with Gasteiger partial charge in [0.25, 0.3) is 11.8 Å². The van der Waals surface area contributed by atoms with Crippen LogP contribution in [-0.2, 0) is 10.2 Å². The van der Waals surface area contributed by atoms with E-state index in [1.54, 1.807) is 19.2 Å². The molecule has 6 nitrogen and oxygen atoms in total. The number of methoxy groups -OCH3 is 1. The molecule has 7 heteroatoms. The topological polar surface area (TPSA) is 71.8 Å². The summed E-state index contributed by atoms with van der Waals surface area (Å²) in [7, 11) is 1.66. The molecule has 1 aromatic heterocycles. The number of benzene rings is 2. The fourth-order valence-electron chi connectivity index (χ4n) is 5.90. The Hall–Kier alpha value is -3.45. The van der Waals surface area contributed by atoms with Crippen molar-refractivity contribution < 1.29 is 23.1 Å². The maximum absolute atomic E-state index is 13.7. The molecular formula is C28H29FN2O4. The highest BCUT2D eigenvalue weighted by molar-refractivity contribution is 5.95. The monoisotopic (exact) mass is 476 g/mol. The van der Waals surface area contributed by atoms with Crippen LogP contribution < -0.4 is 5.32 Å². The van der Waals surface area contributed by atoms with Gasteiger partial charge in [0.15, 0.2) is 0 Å². The third-order valence-electron chi connectivity index (χ3n) is 7.52. The van der Waals surface area contributed by atoms with E-state index in [2.05, 4.69) is 11.4 Å². The number of nitrogens with one attached hydrogen (secondary N) is 1. The SMILES string of the molecule is CO[C@@H]1[C@@H](NC(=O)c2cccc(F)c2)c2ccccc2C12CCN(C(=O)c1cc(C)oc1C)CC2. The van der Waals surface area contributed by atoms with E-state index in [1.807, 2.05) is 36.9 Å². The number of furan rings is 1. The summed E-state index contributed by atoms with van der Waals surface area (Å²) in [5.41, 5.74) is 2.67. The number of piperidine rings is 1. The Morgan fingerprint density at radius 3 is 2.49 bits per heavy atom. The standard InChI is InChI=1S/C28H29FN2O4/c1-17-15-22(18(2)35-17)27(33)31-13-11-28(12-14-31)23-10-5-4-9-21(23)24(25(28)34-3)30-26(32)19-7-6-8-20(29)16-19/h4-10,15-16,24-25H,11-14H2,1-3H3,(H,30,32)/t24-,25+/m0/s1. The molecule has 2 aliphatic rings. The molecule has 35 heavy (non-hydrogen) atoms. The Bertz CT molecular complexity index is 1280. The summed E-state index contributed by atoms with van der Waals surface area (Å²) in [4.78, 5) is 28.1. The van der Waals surface area contributed by atoms with E-state index in [0.717, 1.165) is 16.9 Å². The van der Waals surface area contributed by atoms with Crippen molar-refractivity contribution in [3.8, 4) is 0 Å². The summed E-state index contributed by atoms with van der Waals surface area (Å²) in [5.74, 6) is 0.533. The average Bonchev–Trinajstić information content (AvgIpc) is 3.32. The molecule has 0 saturated carbocycles. The minimum atomic E-state index is -0.454. The van der Waals surface area contributed by atoms with Crippen molar-refractivity contribution in [1.82, 2.24) is 10.2 Å². The van der Waals surface area contributed by atoms with Crippen LogP contribution in [0.3, 0.4) is 0 Å². The van der Waals surface area contributed by atoms with Gasteiger partial charge >= 0.3 is 0 Å². The number of nitrogens with zero attached hydrogens (tertiary/aromatic N) is 1. The molecule has 2 amide bonds. The quantitative estimate of drug-likeness (QED) is 0.592. The zero-order chi connectivity index (χ0) is 24.7. The summed E-state index contributed by atoms with van der Waals surface area (Å²) in [6, 6.07) is 15.1. The molecule has 3 aromatic rings. The summed E-state index contributed by atoms with van der Waals surface area (Å²) < 4.78 is 25.3. The Labute approximate surface area is 204 Å². The van der Waals surface area contributed by atoms with Crippen molar-refractivity contribution in [2.75, 3.05) is 20.2 Å². The van der Waals surface area contributed by atoms with E-state index >= 15 is 0 Å². The fourth-order valence-corrected chi connectivity index (χ4v) is 5.90. The van der Waals surface area contributed by atoms with Crippen LogP contribution in [0.4, 0.5) is 4.39 Å². The normalized spacial score (nSPS) is 20.6. The molecule has 2 aromatic carbocycles. The number of carbonyl (C=O) groups excluding carboxylic acids is 2. The van der Waals surface area contributed by atoms with E-state index in [-0.39, 0.29) is 34.9 Å². The molecule has 1 saturated heterocycles. The number of halogens is 1. The smallest absolute Gasteiger partial charge is 0.257 e. The second-order valence-electron chi connectivity index (χ2n) is 9.48. The number of aryl methyl sites for hydroxylation is 2. The number of amides is 2. The highest BCUT2D eigenvalue weighted by Crippen LogP contribution is 2.52. The number of rotatable bonds is 4. The van der Waals surface area contributed by atoms with Gasteiger partial charge in [-0.2, -0.15) is 0 Å². The van der Waals surface area contributed by atoms with Crippen molar-refractivity contribution in [2.24, 2.45) is 0 Å². The number of hydrogen-bond donors (Lipinski definition) is 1. The first-order valence-electron chi connectivity index (χ1n) is 11.9. The largest absolute Gasteiger partial charge is 0.466 e. The second-order valence-corrected chi connectivity index (χ2v) is 9.48. The summed E-state index contributed by atoms with van der Waals surface area (Å²) in [6.45, 7) is 4.79. The third-order valence-corrected chi connectivity index (χ3v) is 7.52. The molecule has 2 atom stereocenters. The van der Waals surface area contributed by atoms with Gasteiger partial charge in [-0.25, -0.2) is 4.39 Å². The van der Waals surface area contributed by atoms with Crippen molar-refractivity contribution in [1.29, 1.82) is 0 Å². The van der Waals surface area contributed by atoms with E-state index in [1.165, 1.54) is 18.2 Å². The molecular weight excluding hydrogens is 447 g/mol. The Balaban J connectivity index is 1.41. The Morgan fingerprint density at radius 2 is 1.83 bits per heavy atom. The van der Waals surface area contributed by atoms with Crippen LogP contribution >= 0.6 is 0 Å². The Kier molecular flexibility index (Phi) is 5.97. The lowest BCUT2D eigenvalue weighted by atomic mass is 9.71. The predicted molar refractivity (Wildman–Crippen MR) is 129 cm³/mol. The first kappa shape index (κ1) is 23.3. The van der Waals surface area contributed by atoms with Crippen molar-refractivity contribution >= 4 is 11.8 Å². The maximum Gasteiger partial charge on any atom is 0.257 e. The maximum atomic E-state index is 13.7. The van der Waals surface area contributed by atoms with Gasteiger partial charge in [-0.15, -0.1) is 0 Å². The second kappa shape index (κ2) is 8.96. The van der Waals surface area contributed by atoms with E-state index in [9.17, 15) is 14.0 Å². The van der Waals surface area contributed by atoms with Crippen LogP contribution in [0.1, 0.15) is 62.2 Å². The van der Waals surface area contributed by atoms with Gasteiger partial charge in [0.2, 0.25) is 0 Å². The minimum absolute atomic E-state index is 0.0228. The van der Waals surface area contributed by atoms with Crippen molar-refractivity contribution in [3.05, 3.63) is 94.2 Å². The highest BCUT2D eigenvalue weighted by atomic mass is 19.1. The molecule has 1 aliphatic carbocycles. The lowest BCUT2D eigenvalue weighted by molar-refractivity contribution is -0.00931. The lowest BCUT2D eigenvalue weighted by Crippen LogP contribution is -2.51. The number of ether oxygens (including phenoxy) is 1. The average molecular weight is 477 g/mol. The van der Waals surface area contributed by atoms with Crippen LogP contribution in [0.2, 0.25) is 0 Å². The fraction of sp³-hybridized carbons (Fsp3) is 0.357. The Morgan fingerprint density at radius 1 is 1.09 bits per heavy atom. The van der Waals surface area contributed by atoms with E-state index in [4.69, 9.17) is 9.15 Å². The first-order chi connectivity index (χ1) is 16.8. The lowest BCUT2D eigenvalue weighted by Gasteiger charge is -2.44. The minimum Gasteiger partial charge on any atom is -0.466 e. The van der Waals surface area contributed by atoms with Gasteiger partial charge < -0.3 is 19.4 Å². The van der Waals surface area contributed by atoms with Gasteiger partial charge in [0.1, 0.15) is 17.3 Å². The van der Waals surface area contributed by atoms with Gasteiger partial charge in [0, 0.05) is 31.2 Å². The van der Waals surface area contributed by atoms with Crippen molar-refractivity contribution in [2.45, 2.75) is 44.2 Å². The van der Waals surface area contributed by atoms with E-state index in [0.29, 0.717) is 37.3 Å². The number of carbonyl (C=O) groups is 2. The van der Waals surface area contributed by atoms with Crippen LogP contribution in [0.5, 0.6) is 0 Å². The summed E-state index contributed by atoms with van der Waals surface area (Å²) in [6.07, 6.45) is 1.10. The molecule has 1 fully saturated rings. The van der Waals surface area contributed by atoms with Crippen LogP contribution in [0, 0.1) is 19.7 Å². The third kappa shape index (κ3) is 3.93. The summed E-state index contributed by atoms with van der Waals surface area (Å²) in [5, 5.41) is 3.10. The van der Waals surface area contributed by atoms with Crippen LogP contribution in [0.25, 0.3) is 0 Å². The molecule has 0 bridgehead atoms. The predicted octanol–water partition coefficient (Wildman–Crippen LogP) is 4.71. The molecule has 182 valence electrons. The van der Waals surface area contributed by atoms with Crippen molar-refractivity contribution in [3.63, 3.8) is 0 Å². The first-order valence-corrected chi connectivity index (χ1v) is 11.9. The zero-order valence-electron chi connectivity index (χ0n) is 20.1. The van der Waals surface area contributed by atoms with Crippen LogP contribution in [0.15, 0.2) is 59.0 Å². The van der Waals surface area contributed by atoms with E-state index < -0.39 is 5.82 Å². The molecule has 0 radical (unpaired) electrons. The molecule has 1 spiro atoms. The van der Waals surface area contributed by atoms with Gasteiger partial charge in [-0.1, -0.05) is 30.3 Å². The van der Waals surface area contributed by atoms with Gasteiger partial charge in [-0.05, 0) is 62.1 Å². The number of likely N-dealkylation sites (tertiary alicyclic amines) is 1. The molecule has 1 aliphatic heterocycles.